The molecule has 1 atom stereocenters. The number of benzene rings is 2. The van der Waals surface area contributed by atoms with Crippen molar-refractivity contribution in [1.82, 2.24) is 0 Å². The number of allylic oxidation sites excluding steroid dienone is 2. The van der Waals surface area contributed by atoms with Crippen LogP contribution in [0.4, 0.5) is 18.9 Å². The monoisotopic (exact) mass is 494 g/mol. The highest BCUT2D eigenvalue weighted by atomic mass is 35.5. The van der Waals surface area contributed by atoms with Crippen molar-refractivity contribution in [2.24, 2.45) is 5.73 Å². The molecule has 1 aliphatic rings. The van der Waals surface area contributed by atoms with E-state index in [9.17, 15) is 18.0 Å². The molecule has 0 aromatic heterocycles. The van der Waals surface area contributed by atoms with E-state index in [-0.39, 0.29) is 12.5 Å². The van der Waals surface area contributed by atoms with Crippen molar-refractivity contribution in [1.29, 1.82) is 0 Å². The molecule has 1 aliphatic carbocycles. The van der Waals surface area contributed by atoms with Gasteiger partial charge in [-0.2, -0.15) is 13.2 Å². The predicted molar refractivity (Wildman–Crippen MR) is 126 cm³/mol. The van der Waals surface area contributed by atoms with Gasteiger partial charge in [0.05, 0.1) is 24.8 Å². The van der Waals surface area contributed by atoms with Crippen molar-refractivity contribution < 1.29 is 27.4 Å². The third-order valence-corrected chi connectivity index (χ3v) is 5.92. The van der Waals surface area contributed by atoms with Crippen LogP contribution in [-0.2, 0) is 22.1 Å². The maximum Gasteiger partial charge on any atom is 0.416 e. The van der Waals surface area contributed by atoms with Gasteiger partial charge in [0.25, 0.3) is 0 Å². The molecule has 2 aromatic rings. The smallest absolute Gasteiger partial charge is 0.416 e. The minimum Gasteiger partial charge on any atom is -0.501 e. The van der Waals surface area contributed by atoms with Gasteiger partial charge >= 0.3 is 6.18 Å². The van der Waals surface area contributed by atoms with Crippen LogP contribution in [0.1, 0.15) is 24.0 Å². The fourth-order valence-electron chi connectivity index (χ4n) is 3.75. The summed E-state index contributed by atoms with van der Waals surface area (Å²) in [5.74, 6) is 0.715. The first-order valence-corrected chi connectivity index (χ1v) is 11.0. The van der Waals surface area contributed by atoms with Gasteiger partial charge in [0, 0.05) is 24.2 Å². The number of carbonyl (C=O) groups excluding carboxylic acids is 1. The molecule has 0 heterocycles. The Morgan fingerprint density at radius 3 is 2.44 bits per heavy atom. The van der Waals surface area contributed by atoms with Gasteiger partial charge in [-0.15, -0.1) is 0 Å². The first-order chi connectivity index (χ1) is 16.2. The first-order valence-electron chi connectivity index (χ1n) is 10.7. The summed E-state index contributed by atoms with van der Waals surface area (Å²) in [5, 5.41) is 0.315. The van der Waals surface area contributed by atoms with E-state index in [2.05, 4.69) is 0 Å². The number of nitrogens with two attached hydrogens (primary N) is 1. The molecule has 0 aliphatic heterocycles. The van der Waals surface area contributed by atoms with Gasteiger partial charge in [0.2, 0.25) is 5.91 Å². The molecule has 0 radical (unpaired) electrons. The van der Waals surface area contributed by atoms with E-state index in [1.54, 1.807) is 24.3 Å². The Balaban J connectivity index is 1.89. The van der Waals surface area contributed by atoms with Crippen molar-refractivity contribution in [2.75, 3.05) is 25.7 Å². The van der Waals surface area contributed by atoms with E-state index < -0.39 is 17.8 Å². The summed E-state index contributed by atoms with van der Waals surface area (Å²) >= 11 is 6.29. The Morgan fingerprint density at radius 1 is 1.15 bits per heavy atom. The van der Waals surface area contributed by atoms with E-state index in [0.717, 1.165) is 18.6 Å². The summed E-state index contributed by atoms with van der Waals surface area (Å²) in [7, 11) is 3.02. The zero-order valence-electron chi connectivity index (χ0n) is 18.9. The first kappa shape index (κ1) is 25.6. The molecule has 0 saturated heterocycles. The number of carbonyl (C=O) groups is 1. The van der Waals surface area contributed by atoms with Crippen molar-refractivity contribution in [2.45, 2.75) is 31.5 Å². The molecule has 0 fully saturated rings. The van der Waals surface area contributed by atoms with Crippen molar-refractivity contribution in [3.05, 3.63) is 82.1 Å². The van der Waals surface area contributed by atoms with Gasteiger partial charge in [-0.3, -0.25) is 4.79 Å². The Bertz CT molecular complexity index is 1080. The third-order valence-electron chi connectivity index (χ3n) is 5.62. The normalized spacial score (nSPS) is 14.7. The minimum absolute atomic E-state index is 0.180. The molecule has 0 spiro atoms. The van der Waals surface area contributed by atoms with E-state index in [0.29, 0.717) is 46.2 Å². The largest absolute Gasteiger partial charge is 0.501 e. The maximum absolute atomic E-state index is 13.5. The van der Waals surface area contributed by atoms with Crippen LogP contribution in [0.3, 0.4) is 0 Å². The highest BCUT2D eigenvalue weighted by molar-refractivity contribution is 6.32. The number of amides is 1. The third kappa shape index (κ3) is 5.93. The van der Waals surface area contributed by atoms with Gasteiger partial charge in [0.1, 0.15) is 17.6 Å². The van der Waals surface area contributed by atoms with Crippen LogP contribution in [0, 0.1) is 0 Å². The molecule has 0 saturated carbocycles. The lowest BCUT2D eigenvalue weighted by molar-refractivity contribution is -0.137. The molecule has 2 aromatic carbocycles. The zero-order valence-corrected chi connectivity index (χ0v) is 19.6. The lowest BCUT2D eigenvalue weighted by Gasteiger charge is -2.28. The lowest BCUT2D eigenvalue weighted by atomic mass is 9.97. The quantitative estimate of drug-likeness (QED) is 0.524. The average molecular weight is 495 g/mol. The number of anilines is 1. The van der Waals surface area contributed by atoms with Gasteiger partial charge in [-0.1, -0.05) is 35.9 Å². The van der Waals surface area contributed by atoms with Crippen LogP contribution >= 0.6 is 11.6 Å². The zero-order chi connectivity index (χ0) is 24.9. The Hall–Kier alpha value is -2.97. The molecule has 0 bridgehead atoms. The van der Waals surface area contributed by atoms with Gasteiger partial charge < -0.3 is 20.1 Å². The van der Waals surface area contributed by atoms with Crippen molar-refractivity contribution in [3.8, 4) is 5.75 Å². The SMILES string of the molecule is COC1=C(C(N)C(=O)N(CCc2ccc(C(F)(F)F)cc2)c2ccc(OC)c(Cl)c2)C=CCC1. The Kier molecular flexibility index (Phi) is 8.28. The summed E-state index contributed by atoms with van der Waals surface area (Å²) in [6.07, 6.45) is 1.06. The Labute approximate surface area is 201 Å². The molecule has 9 heteroatoms. The van der Waals surface area contributed by atoms with E-state index in [4.69, 9.17) is 26.8 Å². The molecular formula is C25H26ClF3N2O3. The summed E-state index contributed by atoms with van der Waals surface area (Å²) < 4.78 is 49.3. The number of nitrogens with zero attached hydrogens (tertiary/aromatic N) is 1. The van der Waals surface area contributed by atoms with Crippen LogP contribution in [0.25, 0.3) is 0 Å². The predicted octanol–water partition coefficient (Wildman–Crippen LogP) is 5.52. The van der Waals surface area contributed by atoms with Crippen LogP contribution in [-0.4, -0.2) is 32.7 Å². The van der Waals surface area contributed by atoms with Crippen molar-refractivity contribution in [3.63, 3.8) is 0 Å². The maximum atomic E-state index is 13.5. The average Bonchev–Trinajstić information content (AvgIpc) is 2.83. The number of ether oxygens (including phenoxy) is 2. The molecule has 182 valence electrons. The van der Waals surface area contributed by atoms with Crippen LogP contribution in [0.2, 0.25) is 5.02 Å². The van der Waals surface area contributed by atoms with Gasteiger partial charge in [-0.05, 0) is 48.7 Å². The number of methoxy groups -OCH3 is 2. The van der Waals surface area contributed by atoms with E-state index >= 15 is 0 Å². The van der Waals surface area contributed by atoms with Crippen LogP contribution < -0.4 is 15.4 Å². The summed E-state index contributed by atoms with van der Waals surface area (Å²) in [5.41, 5.74) is 7.38. The molecule has 2 N–H and O–H groups in total. The molecular weight excluding hydrogens is 469 g/mol. The highest BCUT2D eigenvalue weighted by Gasteiger charge is 2.30. The fraction of sp³-hybridized carbons (Fsp3) is 0.320. The molecule has 3 rings (SSSR count). The topological polar surface area (TPSA) is 64.8 Å². The molecule has 1 amide bonds. The molecule has 1 unspecified atom stereocenters. The fourth-order valence-corrected chi connectivity index (χ4v) is 4.00. The van der Waals surface area contributed by atoms with E-state index in [1.807, 2.05) is 6.08 Å². The number of hydrogen-bond acceptors (Lipinski definition) is 4. The van der Waals surface area contributed by atoms with Crippen LogP contribution in [0.15, 0.2) is 65.9 Å². The summed E-state index contributed by atoms with van der Waals surface area (Å²) in [4.78, 5) is 15.0. The summed E-state index contributed by atoms with van der Waals surface area (Å²) in [6, 6.07) is 8.80. The molecule has 5 nitrogen and oxygen atoms in total. The minimum atomic E-state index is -4.41. The van der Waals surface area contributed by atoms with E-state index in [1.165, 1.54) is 31.3 Å². The van der Waals surface area contributed by atoms with Gasteiger partial charge in [0.15, 0.2) is 0 Å². The summed E-state index contributed by atoms with van der Waals surface area (Å²) in [6.45, 7) is 0.180. The number of hydrogen-bond donors (Lipinski definition) is 1. The number of halogens is 4. The lowest BCUT2D eigenvalue weighted by Crippen LogP contribution is -2.46. The second-order valence-electron chi connectivity index (χ2n) is 7.75. The standard InChI is InChI=1S/C25H26ClF3N2O3/c1-33-21-6-4-3-5-19(21)23(30)24(32)31(18-11-12-22(34-2)20(26)15-18)14-13-16-7-9-17(10-8-16)25(27,28)29/h3,5,7-12,15,23H,4,6,13-14,30H2,1-2H3. The second kappa shape index (κ2) is 11.0. The van der Waals surface area contributed by atoms with Crippen molar-refractivity contribution >= 4 is 23.2 Å². The number of alkyl halides is 3. The Morgan fingerprint density at radius 2 is 1.85 bits per heavy atom. The highest BCUT2D eigenvalue weighted by Crippen LogP contribution is 2.32. The van der Waals surface area contributed by atoms with Gasteiger partial charge in [-0.25, -0.2) is 0 Å². The number of rotatable bonds is 8. The van der Waals surface area contributed by atoms with Crippen LogP contribution in [0.5, 0.6) is 5.75 Å². The second-order valence-corrected chi connectivity index (χ2v) is 8.16. The molecule has 34 heavy (non-hydrogen) atoms.